The lowest BCUT2D eigenvalue weighted by atomic mass is 9.88. The van der Waals surface area contributed by atoms with Crippen molar-refractivity contribution in [2.75, 3.05) is 5.75 Å². The second-order valence-electron chi connectivity index (χ2n) is 4.84. The average molecular weight is 287 g/mol. The van der Waals surface area contributed by atoms with Gasteiger partial charge in [0.25, 0.3) is 0 Å². The minimum atomic E-state index is -0.827. The van der Waals surface area contributed by atoms with Gasteiger partial charge in [0.2, 0.25) is 0 Å². The number of H-pyrrole nitrogens is 1. The maximum atomic E-state index is 11.1. The van der Waals surface area contributed by atoms with Crippen molar-refractivity contribution in [2.45, 2.75) is 31.8 Å². The molecule has 8 heteroatoms. The third-order valence-corrected chi connectivity index (χ3v) is 3.82. The quantitative estimate of drug-likeness (QED) is 0.447. The van der Waals surface area contributed by atoms with Gasteiger partial charge in [0, 0.05) is 12.8 Å². The Morgan fingerprint density at radius 2 is 2.11 bits per heavy atom. The van der Waals surface area contributed by atoms with Gasteiger partial charge in [-0.1, -0.05) is 11.8 Å². The van der Waals surface area contributed by atoms with Crippen LogP contribution in [-0.4, -0.2) is 31.6 Å². The molecule has 19 heavy (non-hydrogen) atoms. The maximum Gasteiger partial charge on any atom is 0.339 e. The van der Waals surface area contributed by atoms with Crippen molar-refractivity contribution in [3.63, 3.8) is 0 Å². The molecule has 0 aliphatic heterocycles. The molecule has 1 heterocycles. The first-order chi connectivity index (χ1) is 8.74. The van der Waals surface area contributed by atoms with Gasteiger partial charge >= 0.3 is 17.1 Å². The highest BCUT2D eigenvalue weighted by Gasteiger charge is 2.26. The predicted octanol–water partition coefficient (Wildman–Crippen LogP) is 0.452. The smallest absolute Gasteiger partial charge is 0.339 e. The van der Waals surface area contributed by atoms with Gasteiger partial charge in [0.15, 0.2) is 5.16 Å². The minimum Gasteiger partial charge on any atom is -0.481 e. The van der Waals surface area contributed by atoms with Crippen molar-refractivity contribution in [1.29, 1.82) is 0 Å². The SMILES string of the molecule is Cn1[nH]c(=O)c(=O)nc1SCCCC(C)(C)C(=O)O. The van der Waals surface area contributed by atoms with Gasteiger partial charge in [-0.05, 0) is 26.7 Å². The Morgan fingerprint density at radius 1 is 1.47 bits per heavy atom. The first-order valence-corrected chi connectivity index (χ1v) is 6.76. The summed E-state index contributed by atoms with van der Waals surface area (Å²) in [4.78, 5) is 36.7. The summed E-state index contributed by atoms with van der Waals surface area (Å²) in [5.74, 6) is -0.199. The summed E-state index contributed by atoms with van der Waals surface area (Å²) in [5, 5.41) is 11.7. The number of hydrogen-bond acceptors (Lipinski definition) is 5. The Labute approximate surface area is 114 Å². The normalized spacial score (nSPS) is 11.5. The first-order valence-electron chi connectivity index (χ1n) is 5.77. The number of aryl methyl sites for hydroxylation is 1. The van der Waals surface area contributed by atoms with E-state index in [-0.39, 0.29) is 0 Å². The molecule has 7 nitrogen and oxygen atoms in total. The van der Waals surface area contributed by atoms with Crippen LogP contribution < -0.4 is 11.1 Å². The van der Waals surface area contributed by atoms with Gasteiger partial charge in [-0.15, -0.1) is 0 Å². The van der Waals surface area contributed by atoms with E-state index in [0.29, 0.717) is 23.8 Å². The van der Waals surface area contributed by atoms with Crippen LogP contribution in [0.1, 0.15) is 26.7 Å². The van der Waals surface area contributed by atoms with Crippen LogP contribution in [0.3, 0.4) is 0 Å². The van der Waals surface area contributed by atoms with Gasteiger partial charge in [-0.3, -0.25) is 24.2 Å². The predicted molar refractivity (Wildman–Crippen MR) is 71.5 cm³/mol. The molecule has 0 aliphatic carbocycles. The highest BCUT2D eigenvalue weighted by atomic mass is 32.2. The lowest BCUT2D eigenvalue weighted by Crippen LogP contribution is -2.33. The molecule has 0 fully saturated rings. The van der Waals surface area contributed by atoms with Gasteiger partial charge in [0.1, 0.15) is 0 Å². The summed E-state index contributed by atoms with van der Waals surface area (Å²) in [5.41, 5.74) is -2.32. The van der Waals surface area contributed by atoms with Crippen molar-refractivity contribution in [3.05, 3.63) is 20.7 Å². The number of nitrogens with one attached hydrogen (secondary N) is 1. The molecular weight excluding hydrogens is 270 g/mol. The topological polar surface area (TPSA) is 105 Å². The highest BCUT2D eigenvalue weighted by molar-refractivity contribution is 7.99. The Hall–Kier alpha value is -1.57. The molecule has 0 radical (unpaired) electrons. The van der Waals surface area contributed by atoms with Crippen molar-refractivity contribution in [2.24, 2.45) is 12.5 Å². The van der Waals surface area contributed by atoms with Gasteiger partial charge in [-0.25, -0.2) is 0 Å². The fourth-order valence-electron chi connectivity index (χ4n) is 1.37. The number of rotatable bonds is 6. The Morgan fingerprint density at radius 3 is 2.68 bits per heavy atom. The van der Waals surface area contributed by atoms with Gasteiger partial charge < -0.3 is 5.11 Å². The van der Waals surface area contributed by atoms with E-state index in [2.05, 4.69) is 10.1 Å². The highest BCUT2D eigenvalue weighted by Crippen LogP contribution is 2.24. The van der Waals surface area contributed by atoms with Crippen LogP contribution in [0.2, 0.25) is 0 Å². The second kappa shape index (κ2) is 6.05. The number of thioether (sulfide) groups is 1. The third-order valence-electron chi connectivity index (χ3n) is 2.70. The van der Waals surface area contributed by atoms with E-state index in [9.17, 15) is 14.4 Å². The van der Waals surface area contributed by atoms with Crippen LogP contribution in [0, 0.1) is 5.41 Å². The largest absolute Gasteiger partial charge is 0.481 e. The number of nitrogens with zero attached hydrogens (tertiary/aromatic N) is 2. The lowest BCUT2D eigenvalue weighted by Gasteiger charge is -2.18. The molecule has 0 atom stereocenters. The number of aromatic amines is 1. The summed E-state index contributed by atoms with van der Waals surface area (Å²) in [7, 11) is 1.59. The summed E-state index contributed by atoms with van der Waals surface area (Å²) in [6.07, 6.45) is 1.21. The van der Waals surface area contributed by atoms with E-state index in [1.165, 1.54) is 16.4 Å². The molecule has 0 unspecified atom stereocenters. The van der Waals surface area contributed by atoms with Gasteiger partial charge in [-0.2, -0.15) is 4.98 Å². The molecule has 0 amide bonds. The molecule has 0 saturated heterocycles. The molecule has 0 saturated carbocycles. The minimum absolute atomic E-state index is 0.415. The van der Waals surface area contributed by atoms with Crippen molar-refractivity contribution in [1.82, 2.24) is 14.8 Å². The van der Waals surface area contributed by atoms with Gasteiger partial charge in [0.05, 0.1) is 5.41 Å². The van der Waals surface area contributed by atoms with E-state index in [4.69, 9.17) is 5.11 Å². The molecule has 106 valence electrons. The Bertz CT molecular complexity index is 576. The number of carboxylic acid groups (broad SMARTS) is 1. The zero-order valence-corrected chi connectivity index (χ0v) is 11.9. The van der Waals surface area contributed by atoms with Crippen LogP contribution in [-0.2, 0) is 11.8 Å². The summed E-state index contributed by atoms with van der Waals surface area (Å²) in [6.45, 7) is 3.35. The molecule has 0 spiro atoms. The Kier molecular flexibility index (Phi) is 4.93. The zero-order chi connectivity index (χ0) is 14.6. The van der Waals surface area contributed by atoms with Crippen LogP contribution in [0.25, 0.3) is 0 Å². The summed E-state index contributed by atoms with van der Waals surface area (Å²) >= 11 is 1.31. The average Bonchev–Trinajstić information content (AvgIpc) is 2.30. The number of aliphatic carboxylic acids is 1. The molecule has 1 rings (SSSR count). The van der Waals surface area contributed by atoms with E-state index in [1.54, 1.807) is 20.9 Å². The monoisotopic (exact) mass is 287 g/mol. The number of aromatic nitrogens is 3. The molecule has 0 bridgehead atoms. The van der Waals surface area contributed by atoms with E-state index in [0.717, 1.165) is 0 Å². The maximum absolute atomic E-state index is 11.1. The van der Waals surface area contributed by atoms with Crippen LogP contribution in [0.4, 0.5) is 0 Å². The third kappa shape index (κ3) is 4.23. The fraction of sp³-hybridized carbons (Fsp3) is 0.636. The van der Waals surface area contributed by atoms with Crippen LogP contribution >= 0.6 is 11.8 Å². The Balaban J connectivity index is 2.55. The standard InChI is InChI=1S/C11H17N3O4S/c1-11(2,9(17)18)5-4-6-19-10-12-7(15)8(16)13-14(10)3/h4-6H2,1-3H3,(H,13,16)(H,17,18). The summed E-state index contributed by atoms with van der Waals surface area (Å²) in [6, 6.07) is 0. The van der Waals surface area contributed by atoms with Crippen molar-refractivity contribution >= 4 is 17.7 Å². The molecule has 2 N–H and O–H groups in total. The number of hydrogen-bond donors (Lipinski definition) is 2. The van der Waals surface area contributed by atoms with Crippen molar-refractivity contribution in [3.8, 4) is 0 Å². The number of carboxylic acids is 1. The summed E-state index contributed by atoms with van der Waals surface area (Å²) < 4.78 is 1.39. The molecule has 1 aromatic heterocycles. The number of carbonyl (C=O) groups is 1. The molecule has 0 aliphatic rings. The first kappa shape index (κ1) is 15.5. The molecular formula is C11H17N3O4S. The fourth-order valence-corrected chi connectivity index (χ4v) is 2.23. The molecule has 1 aromatic rings. The van der Waals surface area contributed by atoms with Crippen molar-refractivity contribution < 1.29 is 9.90 Å². The van der Waals surface area contributed by atoms with E-state index < -0.39 is 22.5 Å². The van der Waals surface area contributed by atoms with Crippen LogP contribution in [0.5, 0.6) is 0 Å². The lowest BCUT2D eigenvalue weighted by molar-refractivity contribution is -0.147. The van der Waals surface area contributed by atoms with E-state index in [1.807, 2.05) is 0 Å². The second-order valence-corrected chi connectivity index (χ2v) is 5.90. The van der Waals surface area contributed by atoms with E-state index >= 15 is 0 Å². The van der Waals surface area contributed by atoms with Crippen LogP contribution in [0.15, 0.2) is 14.7 Å². The molecule has 0 aromatic carbocycles. The zero-order valence-electron chi connectivity index (χ0n) is 11.1.